The molecule has 1 aliphatic heterocycles. The third-order valence-corrected chi connectivity index (χ3v) is 6.84. The lowest BCUT2D eigenvalue weighted by Gasteiger charge is -2.37. The number of esters is 1. The first-order valence-electron chi connectivity index (χ1n) is 12.4. The smallest absolute Gasteiger partial charge is 0.325 e. The molecule has 0 fully saturated rings. The summed E-state index contributed by atoms with van der Waals surface area (Å²) in [5, 5.41) is 6.22. The first kappa shape index (κ1) is 26.9. The average molecular weight is 532 g/mol. The Labute approximate surface area is 227 Å². The zero-order valence-electron chi connectivity index (χ0n) is 21.3. The number of amides is 3. The quantitative estimate of drug-likeness (QED) is 0.372. The lowest BCUT2D eigenvalue weighted by Crippen LogP contribution is -2.51. The van der Waals surface area contributed by atoms with Crippen molar-refractivity contribution in [3.63, 3.8) is 0 Å². The molecule has 1 atom stereocenters. The van der Waals surface area contributed by atoms with Gasteiger partial charge in [0.25, 0.3) is 5.91 Å². The minimum Gasteiger partial charge on any atom is -0.468 e. The fourth-order valence-corrected chi connectivity index (χ4v) is 4.98. The Morgan fingerprint density at radius 1 is 1.00 bits per heavy atom. The molecule has 3 aromatic carbocycles. The van der Waals surface area contributed by atoms with Crippen molar-refractivity contribution < 1.29 is 19.1 Å². The van der Waals surface area contributed by atoms with Crippen LogP contribution in [0, 0.1) is 0 Å². The standard InChI is InChI=1S/C30H30ClN3O4/c1-20-27(28(23-14-9-15-24(31)18-23)34(30(37)33-20)19-26(35)38-2)29(36)32-17-16-25(21-10-5-3-6-11-21)22-12-7-4-8-13-22/h3-15,18,25,28H,16-17,19H2,1-2H3,(H,32,36)(H,33,37). The minimum atomic E-state index is -0.819. The van der Waals surface area contributed by atoms with Gasteiger partial charge >= 0.3 is 12.0 Å². The molecule has 8 heteroatoms. The zero-order valence-corrected chi connectivity index (χ0v) is 22.1. The molecule has 196 valence electrons. The number of rotatable bonds is 9. The van der Waals surface area contributed by atoms with E-state index in [0.717, 1.165) is 11.1 Å². The van der Waals surface area contributed by atoms with Crippen LogP contribution in [0.1, 0.15) is 42.0 Å². The predicted octanol–water partition coefficient (Wildman–Crippen LogP) is 5.19. The average Bonchev–Trinajstić information content (AvgIpc) is 2.93. The third-order valence-electron chi connectivity index (χ3n) is 6.60. The number of urea groups is 1. The minimum absolute atomic E-state index is 0.0957. The molecule has 38 heavy (non-hydrogen) atoms. The van der Waals surface area contributed by atoms with Crippen LogP contribution in [0.25, 0.3) is 0 Å². The summed E-state index contributed by atoms with van der Waals surface area (Å²) in [4.78, 5) is 40.0. The second-order valence-electron chi connectivity index (χ2n) is 9.05. The van der Waals surface area contributed by atoms with Crippen LogP contribution in [-0.2, 0) is 14.3 Å². The third kappa shape index (κ3) is 6.23. The second-order valence-corrected chi connectivity index (χ2v) is 9.49. The highest BCUT2D eigenvalue weighted by Gasteiger charge is 2.39. The Kier molecular flexibility index (Phi) is 8.81. The summed E-state index contributed by atoms with van der Waals surface area (Å²) in [6.45, 7) is 1.75. The van der Waals surface area contributed by atoms with E-state index in [1.807, 2.05) is 36.4 Å². The lowest BCUT2D eigenvalue weighted by molar-refractivity contribution is -0.141. The molecule has 0 aliphatic carbocycles. The van der Waals surface area contributed by atoms with Crippen LogP contribution >= 0.6 is 11.6 Å². The molecular formula is C30H30ClN3O4. The number of ether oxygens (including phenoxy) is 1. The fourth-order valence-electron chi connectivity index (χ4n) is 4.78. The van der Waals surface area contributed by atoms with Gasteiger partial charge in [-0.3, -0.25) is 9.59 Å². The molecule has 0 saturated heterocycles. The van der Waals surface area contributed by atoms with E-state index in [4.69, 9.17) is 16.3 Å². The highest BCUT2D eigenvalue weighted by atomic mass is 35.5. The summed E-state index contributed by atoms with van der Waals surface area (Å²) in [5.41, 5.74) is 3.70. The van der Waals surface area contributed by atoms with Gasteiger partial charge in [-0.05, 0) is 42.2 Å². The van der Waals surface area contributed by atoms with Crippen LogP contribution < -0.4 is 10.6 Å². The largest absolute Gasteiger partial charge is 0.468 e. The molecule has 7 nitrogen and oxygen atoms in total. The first-order valence-corrected chi connectivity index (χ1v) is 12.8. The van der Waals surface area contributed by atoms with Crippen molar-refractivity contribution in [3.8, 4) is 0 Å². The zero-order chi connectivity index (χ0) is 27.1. The molecule has 0 saturated carbocycles. The maximum absolute atomic E-state index is 13.6. The van der Waals surface area contributed by atoms with Gasteiger partial charge in [-0.15, -0.1) is 0 Å². The van der Waals surface area contributed by atoms with Gasteiger partial charge in [-0.2, -0.15) is 0 Å². The van der Waals surface area contributed by atoms with Crippen molar-refractivity contribution >= 4 is 29.5 Å². The lowest BCUT2D eigenvalue weighted by atomic mass is 9.88. The number of hydrogen-bond donors (Lipinski definition) is 2. The number of nitrogens with zero attached hydrogens (tertiary/aromatic N) is 1. The van der Waals surface area contributed by atoms with Crippen LogP contribution in [0.5, 0.6) is 0 Å². The van der Waals surface area contributed by atoms with Crippen molar-refractivity contribution in [2.45, 2.75) is 25.3 Å². The molecule has 0 radical (unpaired) electrons. The van der Waals surface area contributed by atoms with E-state index in [-0.39, 0.29) is 18.4 Å². The van der Waals surface area contributed by atoms with E-state index >= 15 is 0 Å². The number of carbonyl (C=O) groups is 3. The number of methoxy groups -OCH3 is 1. The normalized spacial score (nSPS) is 15.3. The topological polar surface area (TPSA) is 87.7 Å². The molecule has 3 aromatic rings. The Morgan fingerprint density at radius 2 is 1.63 bits per heavy atom. The summed E-state index contributed by atoms with van der Waals surface area (Å²) in [6, 6.07) is 26.0. The highest BCUT2D eigenvalue weighted by Crippen LogP contribution is 2.35. The molecular weight excluding hydrogens is 502 g/mol. The van der Waals surface area contributed by atoms with Gasteiger partial charge in [0.1, 0.15) is 6.54 Å². The predicted molar refractivity (Wildman–Crippen MR) is 147 cm³/mol. The highest BCUT2D eigenvalue weighted by molar-refractivity contribution is 6.30. The molecule has 1 aliphatic rings. The number of hydrogen-bond acceptors (Lipinski definition) is 4. The summed E-state index contributed by atoms with van der Waals surface area (Å²) in [7, 11) is 1.25. The summed E-state index contributed by atoms with van der Waals surface area (Å²) in [5.74, 6) is -0.833. The molecule has 0 spiro atoms. The van der Waals surface area contributed by atoms with Gasteiger partial charge in [-0.25, -0.2) is 4.79 Å². The molecule has 0 aromatic heterocycles. The van der Waals surface area contributed by atoms with Crippen molar-refractivity contribution in [2.24, 2.45) is 0 Å². The Balaban J connectivity index is 1.59. The molecule has 1 heterocycles. The van der Waals surface area contributed by atoms with Crippen LogP contribution in [0.3, 0.4) is 0 Å². The fraction of sp³-hybridized carbons (Fsp3) is 0.233. The van der Waals surface area contributed by atoms with Gasteiger partial charge in [0, 0.05) is 23.2 Å². The first-order chi connectivity index (χ1) is 18.4. The van der Waals surface area contributed by atoms with Gasteiger partial charge in [0.15, 0.2) is 0 Å². The van der Waals surface area contributed by atoms with E-state index in [0.29, 0.717) is 34.8 Å². The van der Waals surface area contributed by atoms with E-state index in [9.17, 15) is 14.4 Å². The van der Waals surface area contributed by atoms with E-state index < -0.39 is 18.0 Å². The maximum atomic E-state index is 13.6. The number of halogens is 1. The molecule has 4 rings (SSSR count). The van der Waals surface area contributed by atoms with Crippen LogP contribution in [0.2, 0.25) is 5.02 Å². The molecule has 0 bridgehead atoms. The van der Waals surface area contributed by atoms with Crippen LogP contribution in [0.4, 0.5) is 4.79 Å². The monoisotopic (exact) mass is 531 g/mol. The van der Waals surface area contributed by atoms with Gasteiger partial charge in [0.2, 0.25) is 0 Å². The molecule has 1 unspecified atom stereocenters. The van der Waals surface area contributed by atoms with Crippen molar-refractivity contribution in [1.82, 2.24) is 15.5 Å². The Morgan fingerprint density at radius 3 is 2.21 bits per heavy atom. The van der Waals surface area contributed by atoms with Gasteiger partial charge in [0.05, 0.1) is 18.7 Å². The van der Waals surface area contributed by atoms with Gasteiger partial charge < -0.3 is 20.3 Å². The Hall–Kier alpha value is -4.10. The molecule has 2 N–H and O–H groups in total. The Bertz CT molecular complexity index is 1290. The number of allylic oxidation sites excluding steroid dienone is 1. The number of nitrogens with one attached hydrogen (secondary N) is 2. The summed E-state index contributed by atoms with van der Waals surface area (Å²) in [6.07, 6.45) is 0.673. The van der Waals surface area contributed by atoms with E-state index in [1.54, 1.807) is 31.2 Å². The maximum Gasteiger partial charge on any atom is 0.325 e. The van der Waals surface area contributed by atoms with Crippen LogP contribution in [-0.4, -0.2) is 43.0 Å². The van der Waals surface area contributed by atoms with Crippen molar-refractivity contribution in [3.05, 3.63) is 118 Å². The van der Waals surface area contributed by atoms with Crippen LogP contribution in [0.15, 0.2) is 96.2 Å². The van der Waals surface area contributed by atoms with E-state index in [1.165, 1.54) is 12.0 Å². The van der Waals surface area contributed by atoms with Crippen molar-refractivity contribution in [2.75, 3.05) is 20.2 Å². The summed E-state index contributed by atoms with van der Waals surface area (Å²) < 4.78 is 4.80. The molecule has 3 amide bonds. The SMILES string of the molecule is COC(=O)CN1C(=O)NC(C)=C(C(=O)NCCC(c2ccccc2)c2ccccc2)C1c1cccc(Cl)c1. The number of benzene rings is 3. The van der Waals surface area contributed by atoms with Crippen molar-refractivity contribution in [1.29, 1.82) is 0 Å². The number of carbonyl (C=O) groups excluding carboxylic acids is 3. The van der Waals surface area contributed by atoms with Gasteiger partial charge in [-0.1, -0.05) is 84.4 Å². The summed E-state index contributed by atoms with van der Waals surface area (Å²) >= 11 is 6.25. The second kappa shape index (κ2) is 12.4. The van der Waals surface area contributed by atoms with E-state index in [2.05, 4.69) is 34.9 Å².